The monoisotopic (exact) mass is 534 g/mol. The predicted molar refractivity (Wildman–Crippen MR) is 150 cm³/mol. The third kappa shape index (κ3) is 4.04. The summed E-state index contributed by atoms with van der Waals surface area (Å²) < 4.78 is 7.87. The highest BCUT2D eigenvalue weighted by atomic mass is 16.5. The molecule has 0 bridgehead atoms. The molecule has 0 spiro atoms. The van der Waals surface area contributed by atoms with Crippen LogP contribution in [-0.4, -0.2) is 71.4 Å². The molecule has 0 saturated carbocycles. The molecule has 12 nitrogen and oxygen atoms in total. The van der Waals surface area contributed by atoms with E-state index in [1.807, 2.05) is 55.3 Å². The second-order valence-electron chi connectivity index (χ2n) is 10.1. The average Bonchev–Trinajstić information content (AvgIpc) is 3.49. The molecule has 12 heteroatoms. The lowest BCUT2D eigenvalue weighted by Gasteiger charge is -2.42. The van der Waals surface area contributed by atoms with Crippen molar-refractivity contribution in [2.45, 2.75) is 13.0 Å². The molecule has 200 valence electrons. The van der Waals surface area contributed by atoms with E-state index in [-0.39, 0.29) is 11.9 Å². The number of nitrogens with zero attached hydrogens (tertiary/aromatic N) is 9. The minimum atomic E-state index is -0.0271. The Morgan fingerprint density at radius 2 is 2.00 bits per heavy atom. The van der Waals surface area contributed by atoms with Crippen LogP contribution in [0.25, 0.3) is 22.1 Å². The number of carbonyl (C=O) groups excluding carboxylic acids is 1. The van der Waals surface area contributed by atoms with E-state index < -0.39 is 0 Å². The third-order valence-electron chi connectivity index (χ3n) is 7.59. The Hall–Kier alpha value is -5.13. The number of carbonyl (C=O) groups is 1. The Morgan fingerprint density at radius 1 is 1.10 bits per heavy atom. The van der Waals surface area contributed by atoms with Crippen LogP contribution in [-0.2, 0) is 11.8 Å². The van der Waals surface area contributed by atoms with Gasteiger partial charge >= 0.3 is 0 Å². The predicted octanol–water partition coefficient (Wildman–Crippen LogP) is 3.38. The Bertz CT molecular complexity index is 1800. The van der Waals surface area contributed by atoms with Gasteiger partial charge in [-0.3, -0.25) is 4.79 Å². The highest BCUT2D eigenvalue weighted by Crippen LogP contribution is 2.35. The first-order valence-corrected chi connectivity index (χ1v) is 13.0. The van der Waals surface area contributed by atoms with E-state index in [1.54, 1.807) is 10.9 Å². The van der Waals surface area contributed by atoms with Gasteiger partial charge < -0.3 is 19.9 Å². The van der Waals surface area contributed by atoms with Crippen molar-refractivity contribution in [1.82, 2.24) is 39.8 Å². The second kappa shape index (κ2) is 9.26. The molecule has 2 aliphatic rings. The molecule has 0 radical (unpaired) electrons. The minimum Gasteiger partial charge on any atom is -0.457 e. The van der Waals surface area contributed by atoms with Gasteiger partial charge in [-0.25, -0.2) is 24.6 Å². The number of aromatic nitrogens is 7. The summed E-state index contributed by atoms with van der Waals surface area (Å²) in [5.74, 6) is 3.00. The van der Waals surface area contributed by atoms with Crippen molar-refractivity contribution >= 4 is 45.4 Å². The number of anilines is 3. The molecular weight excluding hydrogens is 508 g/mol. The number of benzene rings is 2. The molecule has 2 saturated heterocycles. The number of hydrogen-bond donors (Lipinski definition) is 1. The summed E-state index contributed by atoms with van der Waals surface area (Å²) in [6.45, 7) is 7.83. The van der Waals surface area contributed by atoms with Gasteiger partial charge in [-0.2, -0.15) is 0 Å². The van der Waals surface area contributed by atoms with Gasteiger partial charge in [0.25, 0.3) is 0 Å². The number of rotatable bonds is 6. The molecule has 2 fully saturated rings. The van der Waals surface area contributed by atoms with E-state index in [0.717, 1.165) is 41.1 Å². The van der Waals surface area contributed by atoms with E-state index in [9.17, 15) is 4.79 Å². The molecule has 2 aliphatic heterocycles. The van der Waals surface area contributed by atoms with Gasteiger partial charge in [-0.05, 0) is 48.9 Å². The molecule has 2 unspecified atom stereocenters. The van der Waals surface area contributed by atoms with Crippen LogP contribution < -0.4 is 15.0 Å². The number of hydrogen-bond acceptors (Lipinski definition) is 10. The summed E-state index contributed by atoms with van der Waals surface area (Å²) in [7, 11) is 1.86. The quantitative estimate of drug-likeness (QED) is 0.324. The van der Waals surface area contributed by atoms with E-state index in [2.05, 4.69) is 42.1 Å². The first-order chi connectivity index (χ1) is 19.5. The van der Waals surface area contributed by atoms with Crippen LogP contribution in [0.15, 0.2) is 61.6 Å². The van der Waals surface area contributed by atoms with Crippen LogP contribution >= 0.6 is 0 Å². The lowest BCUT2D eigenvalue weighted by molar-refractivity contribution is -0.135. The van der Waals surface area contributed by atoms with Gasteiger partial charge in [0.15, 0.2) is 5.82 Å². The maximum absolute atomic E-state index is 12.1. The van der Waals surface area contributed by atoms with Crippen LogP contribution in [0.4, 0.5) is 17.5 Å². The van der Waals surface area contributed by atoms with Crippen molar-refractivity contribution in [2.24, 2.45) is 13.0 Å². The molecule has 2 atom stereocenters. The van der Waals surface area contributed by atoms with E-state index in [0.29, 0.717) is 41.0 Å². The third-order valence-corrected chi connectivity index (χ3v) is 7.59. The highest BCUT2D eigenvalue weighted by molar-refractivity contribution is 5.89. The zero-order valence-corrected chi connectivity index (χ0v) is 22.0. The number of ether oxygens (including phenoxy) is 1. The number of likely N-dealkylation sites (tertiary alicyclic amines) is 1. The number of amides is 1. The van der Waals surface area contributed by atoms with E-state index >= 15 is 0 Å². The normalized spacial score (nSPS) is 18.1. The summed E-state index contributed by atoms with van der Waals surface area (Å²) in [6.07, 6.45) is 4.59. The molecule has 1 N–H and O–H groups in total. The molecule has 5 aromatic rings. The molecular formula is C28H26N10O2. The van der Waals surface area contributed by atoms with Crippen molar-refractivity contribution in [3.63, 3.8) is 0 Å². The lowest BCUT2D eigenvalue weighted by atomic mass is 9.92. The Labute approximate surface area is 229 Å². The van der Waals surface area contributed by atoms with Gasteiger partial charge in [-0.1, -0.05) is 11.8 Å². The average molecular weight is 535 g/mol. The molecule has 5 heterocycles. The first-order valence-electron chi connectivity index (χ1n) is 13.0. The second-order valence-corrected chi connectivity index (χ2v) is 10.1. The minimum absolute atomic E-state index is 0.0271. The molecule has 0 aliphatic carbocycles. The number of aryl methyl sites for hydroxylation is 2. The number of nitrogens with one attached hydrogen (secondary N) is 1. The fourth-order valence-electron chi connectivity index (χ4n) is 5.45. The van der Waals surface area contributed by atoms with Crippen molar-refractivity contribution in [3.8, 4) is 11.5 Å². The van der Waals surface area contributed by atoms with Crippen LogP contribution in [0.2, 0.25) is 0 Å². The molecule has 1 amide bonds. The van der Waals surface area contributed by atoms with E-state index in [4.69, 9.17) is 9.72 Å². The fraction of sp³-hybridized carbons (Fsp3) is 0.250. The van der Waals surface area contributed by atoms with E-state index in [1.165, 1.54) is 12.4 Å². The van der Waals surface area contributed by atoms with Gasteiger partial charge in [0, 0.05) is 44.4 Å². The van der Waals surface area contributed by atoms with Crippen molar-refractivity contribution in [1.29, 1.82) is 0 Å². The smallest absolute Gasteiger partial charge is 0.246 e. The van der Waals surface area contributed by atoms with Crippen LogP contribution in [0, 0.1) is 12.8 Å². The summed E-state index contributed by atoms with van der Waals surface area (Å²) in [5, 5.41) is 11.6. The maximum atomic E-state index is 12.1. The Kier molecular flexibility index (Phi) is 5.54. The summed E-state index contributed by atoms with van der Waals surface area (Å²) >= 11 is 0. The highest BCUT2D eigenvalue weighted by Gasteiger charge is 2.47. The fourth-order valence-corrected chi connectivity index (χ4v) is 5.45. The Morgan fingerprint density at radius 3 is 2.85 bits per heavy atom. The molecule has 7 rings (SSSR count). The molecule has 2 aromatic carbocycles. The first kappa shape index (κ1) is 23.9. The Balaban J connectivity index is 1.11. The summed E-state index contributed by atoms with van der Waals surface area (Å²) in [6, 6.07) is 11.7. The molecule has 3 aromatic heterocycles. The standard InChI is InChI=1S/C28H26N10O2/c1-4-25(39)38-13-17-12-37(14-23(17)38)28-29-11-21-26(33-28)27(31-15-30-21)32-18-5-8-24(16(2)9-18)40-19-6-7-22-20(10-19)34-35-36(22)3/h4-11,15,17,23H,1,12-14H2,2-3H3,(H,30,31,32). The molecule has 40 heavy (non-hydrogen) atoms. The van der Waals surface area contributed by atoms with Crippen molar-refractivity contribution in [2.75, 3.05) is 29.9 Å². The largest absolute Gasteiger partial charge is 0.457 e. The zero-order valence-electron chi connectivity index (χ0n) is 22.0. The van der Waals surface area contributed by atoms with Gasteiger partial charge in [0.1, 0.15) is 34.4 Å². The maximum Gasteiger partial charge on any atom is 0.246 e. The zero-order chi connectivity index (χ0) is 27.4. The van der Waals surface area contributed by atoms with Crippen LogP contribution in [0.1, 0.15) is 5.56 Å². The van der Waals surface area contributed by atoms with Crippen LogP contribution in [0.5, 0.6) is 11.5 Å². The summed E-state index contributed by atoms with van der Waals surface area (Å²) in [5.41, 5.74) is 4.77. The summed E-state index contributed by atoms with van der Waals surface area (Å²) in [4.78, 5) is 34.3. The lowest BCUT2D eigenvalue weighted by Crippen LogP contribution is -2.57. The van der Waals surface area contributed by atoms with Gasteiger partial charge in [0.2, 0.25) is 11.9 Å². The van der Waals surface area contributed by atoms with Crippen molar-refractivity contribution in [3.05, 3.63) is 67.1 Å². The topological polar surface area (TPSA) is 127 Å². The van der Waals surface area contributed by atoms with Gasteiger partial charge in [-0.15, -0.1) is 5.10 Å². The van der Waals surface area contributed by atoms with Gasteiger partial charge in [0.05, 0.1) is 17.8 Å². The number of fused-ring (bicyclic) bond motifs is 3. The van der Waals surface area contributed by atoms with Crippen molar-refractivity contribution < 1.29 is 9.53 Å². The SMILES string of the molecule is C=CC(=O)N1CC2CN(c3ncc4ncnc(Nc5ccc(Oc6ccc7c(c6)nnn7C)c(C)c5)c4n3)CC21. The van der Waals surface area contributed by atoms with Crippen LogP contribution in [0.3, 0.4) is 0 Å².